The number of thioether (sulfide) groups is 1. The molecule has 0 radical (unpaired) electrons. The lowest BCUT2D eigenvalue weighted by Crippen LogP contribution is -2.39. The van der Waals surface area contributed by atoms with Crippen LogP contribution in [0.25, 0.3) is 11.1 Å². The number of fused-ring (bicyclic) bond motifs is 1. The van der Waals surface area contributed by atoms with Gasteiger partial charge >= 0.3 is 0 Å². The van der Waals surface area contributed by atoms with Crippen LogP contribution in [-0.4, -0.2) is 44.6 Å². The van der Waals surface area contributed by atoms with Crippen LogP contribution in [0.2, 0.25) is 0 Å². The normalized spacial score (nSPS) is 15.4. The molecule has 1 saturated heterocycles. The first-order chi connectivity index (χ1) is 13.1. The molecule has 1 N–H and O–H groups in total. The molecule has 8 heteroatoms. The minimum Gasteiger partial charge on any atom is -0.440 e. The van der Waals surface area contributed by atoms with E-state index in [-0.39, 0.29) is 23.1 Å². The van der Waals surface area contributed by atoms with Gasteiger partial charge in [-0.25, -0.2) is 9.97 Å². The summed E-state index contributed by atoms with van der Waals surface area (Å²) >= 11 is 1.26. The molecule has 0 spiro atoms. The highest BCUT2D eigenvalue weighted by Gasteiger charge is 2.27. The first-order valence-corrected chi connectivity index (χ1v) is 9.91. The van der Waals surface area contributed by atoms with Crippen molar-refractivity contribution in [3.8, 4) is 0 Å². The van der Waals surface area contributed by atoms with Crippen LogP contribution in [0.1, 0.15) is 30.3 Å². The zero-order chi connectivity index (χ0) is 18.8. The number of nitrogens with zero attached hydrogens (tertiary/aromatic N) is 3. The number of aromatic amines is 1. The van der Waals surface area contributed by atoms with Gasteiger partial charge in [-0.15, -0.1) is 0 Å². The monoisotopic (exact) mass is 384 g/mol. The Labute approximate surface area is 160 Å². The molecule has 0 saturated carbocycles. The molecule has 1 amide bonds. The number of rotatable bonds is 4. The van der Waals surface area contributed by atoms with Crippen LogP contribution in [0, 0.1) is 6.92 Å². The standard InChI is InChI=1S/C19H20N4O3S/c1-12-10-16(24)22-19(20-12)27-11-17(25)23-8-6-13(7-9-23)18-21-14-4-2-3-5-15(14)26-18/h2-5,10,13H,6-9,11H2,1H3,(H,20,22,24). The van der Waals surface area contributed by atoms with Crippen LogP contribution in [0.4, 0.5) is 0 Å². The number of H-pyrrole nitrogens is 1. The highest BCUT2D eigenvalue weighted by molar-refractivity contribution is 7.99. The number of carbonyl (C=O) groups excluding carboxylic acids is 1. The number of oxazole rings is 1. The molecule has 1 fully saturated rings. The summed E-state index contributed by atoms with van der Waals surface area (Å²) in [6.07, 6.45) is 1.67. The van der Waals surface area contributed by atoms with Gasteiger partial charge in [0.25, 0.3) is 5.56 Å². The Hall–Kier alpha value is -2.61. The lowest BCUT2D eigenvalue weighted by molar-refractivity contribution is -0.129. The second-order valence-corrected chi connectivity index (χ2v) is 7.62. The Balaban J connectivity index is 1.33. The average molecular weight is 384 g/mol. The second-order valence-electron chi connectivity index (χ2n) is 6.66. The van der Waals surface area contributed by atoms with Gasteiger partial charge in [0.15, 0.2) is 16.6 Å². The molecule has 7 nitrogen and oxygen atoms in total. The van der Waals surface area contributed by atoms with E-state index in [9.17, 15) is 9.59 Å². The largest absolute Gasteiger partial charge is 0.440 e. The van der Waals surface area contributed by atoms with Crippen LogP contribution < -0.4 is 5.56 Å². The molecule has 2 aromatic heterocycles. The van der Waals surface area contributed by atoms with Gasteiger partial charge < -0.3 is 14.3 Å². The molecule has 0 atom stereocenters. The fourth-order valence-corrected chi connectivity index (χ4v) is 4.11. The first kappa shape index (κ1) is 17.8. The summed E-state index contributed by atoms with van der Waals surface area (Å²) in [7, 11) is 0. The van der Waals surface area contributed by atoms with Crippen LogP contribution in [0.15, 0.2) is 44.7 Å². The molecular formula is C19H20N4O3S. The van der Waals surface area contributed by atoms with Gasteiger partial charge in [0.2, 0.25) is 5.91 Å². The van der Waals surface area contributed by atoms with E-state index >= 15 is 0 Å². The summed E-state index contributed by atoms with van der Waals surface area (Å²) in [5.74, 6) is 1.32. The smallest absolute Gasteiger partial charge is 0.251 e. The van der Waals surface area contributed by atoms with E-state index in [4.69, 9.17) is 4.42 Å². The Morgan fingerprint density at radius 2 is 2.07 bits per heavy atom. The second kappa shape index (κ2) is 7.56. The lowest BCUT2D eigenvalue weighted by atomic mass is 9.97. The number of benzene rings is 1. The maximum atomic E-state index is 12.5. The molecule has 4 rings (SSSR count). The quantitative estimate of drug-likeness (QED) is 0.549. The average Bonchev–Trinajstić information content (AvgIpc) is 3.10. The molecule has 0 bridgehead atoms. The van der Waals surface area contributed by atoms with Gasteiger partial charge in [0, 0.05) is 30.8 Å². The number of carbonyl (C=O) groups is 1. The molecule has 27 heavy (non-hydrogen) atoms. The highest BCUT2D eigenvalue weighted by Crippen LogP contribution is 2.30. The maximum Gasteiger partial charge on any atom is 0.251 e. The maximum absolute atomic E-state index is 12.5. The van der Waals surface area contributed by atoms with Crippen LogP contribution >= 0.6 is 11.8 Å². The number of piperidine rings is 1. The van der Waals surface area contributed by atoms with Crippen molar-refractivity contribution in [3.63, 3.8) is 0 Å². The van der Waals surface area contributed by atoms with Gasteiger partial charge in [-0.3, -0.25) is 9.59 Å². The summed E-state index contributed by atoms with van der Waals surface area (Å²) in [5, 5.41) is 0.481. The number of likely N-dealkylation sites (tertiary alicyclic amines) is 1. The Bertz CT molecular complexity index is 988. The van der Waals surface area contributed by atoms with Crippen molar-refractivity contribution in [3.05, 3.63) is 52.3 Å². The SMILES string of the molecule is Cc1cc(=O)[nH]c(SCC(=O)N2CCC(c3nc4ccccc4o3)CC2)n1. The number of hydrogen-bond donors (Lipinski definition) is 1. The summed E-state index contributed by atoms with van der Waals surface area (Å²) in [6.45, 7) is 3.12. The van der Waals surface area contributed by atoms with Crippen LogP contribution in [-0.2, 0) is 4.79 Å². The van der Waals surface area contributed by atoms with E-state index in [1.807, 2.05) is 29.2 Å². The van der Waals surface area contributed by atoms with E-state index in [0.29, 0.717) is 23.9 Å². The molecule has 3 aromatic rings. The minimum atomic E-state index is -0.198. The molecule has 3 heterocycles. The minimum absolute atomic E-state index is 0.0557. The summed E-state index contributed by atoms with van der Waals surface area (Å²) in [4.78, 5) is 37.3. The van der Waals surface area contributed by atoms with Crippen LogP contribution in [0.5, 0.6) is 0 Å². The Morgan fingerprint density at radius 1 is 1.30 bits per heavy atom. The van der Waals surface area contributed by atoms with Gasteiger partial charge in [0.05, 0.1) is 5.75 Å². The van der Waals surface area contributed by atoms with E-state index in [0.717, 1.165) is 29.8 Å². The van der Waals surface area contributed by atoms with Crippen molar-refractivity contribution in [2.75, 3.05) is 18.8 Å². The van der Waals surface area contributed by atoms with Crippen molar-refractivity contribution >= 4 is 28.8 Å². The van der Waals surface area contributed by atoms with E-state index in [1.165, 1.54) is 17.8 Å². The summed E-state index contributed by atoms with van der Waals surface area (Å²) in [5.41, 5.74) is 2.13. The van der Waals surface area contributed by atoms with E-state index < -0.39 is 0 Å². The van der Waals surface area contributed by atoms with Crippen molar-refractivity contribution < 1.29 is 9.21 Å². The first-order valence-electron chi connectivity index (χ1n) is 8.92. The van der Waals surface area contributed by atoms with Crippen molar-refractivity contribution in [1.29, 1.82) is 0 Å². The number of aryl methyl sites for hydroxylation is 1. The van der Waals surface area contributed by atoms with Crippen molar-refractivity contribution in [2.45, 2.75) is 30.8 Å². The van der Waals surface area contributed by atoms with Gasteiger partial charge in [-0.1, -0.05) is 23.9 Å². The molecule has 1 aliphatic heterocycles. The van der Waals surface area contributed by atoms with Crippen LogP contribution in [0.3, 0.4) is 0 Å². The number of amides is 1. The molecule has 0 unspecified atom stereocenters. The number of para-hydroxylation sites is 2. The van der Waals surface area contributed by atoms with Gasteiger partial charge in [0.1, 0.15) is 5.52 Å². The van der Waals surface area contributed by atoms with Crippen molar-refractivity contribution in [1.82, 2.24) is 19.9 Å². The highest BCUT2D eigenvalue weighted by atomic mass is 32.2. The predicted molar refractivity (Wildman–Crippen MR) is 103 cm³/mol. The molecule has 140 valence electrons. The molecule has 1 aliphatic rings. The lowest BCUT2D eigenvalue weighted by Gasteiger charge is -2.30. The fraction of sp³-hybridized carbons (Fsp3) is 0.368. The Kier molecular flexibility index (Phi) is 4.98. The Morgan fingerprint density at radius 3 is 2.81 bits per heavy atom. The number of aromatic nitrogens is 3. The topological polar surface area (TPSA) is 92.1 Å². The van der Waals surface area contributed by atoms with Gasteiger partial charge in [-0.2, -0.15) is 0 Å². The van der Waals surface area contributed by atoms with Crippen molar-refractivity contribution in [2.24, 2.45) is 0 Å². The fourth-order valence-electron chi connectivity index (χ4n) is 3.28. The third-order valence-electron chi connectivity index (χ3n) is 4.69. The summed E-state index contributed by atoms with van der Waals surface area (Å²) < 4.78 is 5.87. The predicted octanol–water partition coefficient (Wildman–Crippen LogP) is 2.72. The molecular weight excluding hydrogens is 364 g/mol. The van der Waals surface area contributed by atoms with E-state index in [1.54, 1.807) is 6.92 Å². The number of hydrogen-bond acceptors (Lipinski definition) is 6. The van der Waals surface area contributed by atoms with E-state index in [2.05, 4.69) is 15.0 Å². The molecule has 0 aliphatic carbocycles. The van der Waals surface area contributed by atoms with Gasteiger partial charge in [-0.05, 0) is 31.9 Å². The molecule has 1 aromatic carbocycles. The zero-order valence-corrected chi connectivity index (χ0v) is 15.8. The zero-order valence-electron chi connectivity index (χ0n) is 15.0. The third kappa shape index (κ3) is 4.05. The number of nitrogens with one attached hydrogen (secondary N) is 1. The third-order valence-corrected chi connectivity index (χ3v) is 5.55. The summed E-state index contributed by atoms with van der Waals surface area (Å²) in [6, 6.07) is 9.19.